The summed E-state index contributed by atoms with van der Waals surface area (Å²) in [5.41, 5.74) is 4.17. The second-order valence-electron chi connectivity index (χ2n) is 10.1. The molecule has 3 aromatic carbocycles. The van der Waals surface area contributed by atoms with Crippen molar-refractivity contribution in [3.8, 4) is 23.0 Å². The van der Waals surface area contributed by atoms with E-state index in [1.807, 2.05) is 12.1 Å². The van der Waals surface area contributed by atoms with Crippen molar-refractivity contribution in [2.24, 2.45) is 0 Å². The van der Waals surface area contributed by atoms with Gasteiger partial charge in [-0.3, -0.25) is 9.69 Å². The molecule has 0 saturated carbocycles. The number of hydrogen-bond acceptors (Lipinski definition) is 9. The van der Waals surface area contributed by atoms with E-state index < -0.39 is 12.1 Å². The van der Waals surface area contributed by atoms with Gasteiger partial charge < -0.3 is 29.6 Å². The maximum atomic E-state index is 13.3. The third kappa shape index (κ3) is 5.38. The Morgan fingerprint density at radius 1 is 0.952 bits per heavy atom. The van der Waals surface area contributed by atoms with Gasteiger partial charge >= 0.3 is 5.97 Å². The minimum atomic E-state index is -0.583. The van der Waals surface area contributed by atoms with E-state index in [1.165, 1.54) is 43.9 Å². The fourth-order valence-electron chi connectivity index (χ4n) is 5.43. The van der Waals surface area contributed by atoms with Gasteiger partial charge in [-0.05, 0) is 47.4 Å². The van der Waals surface area contributed by atoms with Gasteiger partial charge in [0, 0.05) is 24.5 Å². The van der Waals surface area contributed by atoms with Gasteiger partial charge in [-0.25, -0.2) is 4.79 Å². The number of anilines is 1. The molecule has 4 aromatic rings. The van der Waals surface area contributed by atoms with Crippen LogP contribution in [0.3, 0.4) is 0 Å². The molecule has 0 fully saturated rings. The summed E-state index contributed by atoms with van der Waals surface area (Å²) < 4.78 is 21.7. The van der Waals surface area contributed by atoms with E-state index in [0.29, 0.717) is 23.0 Å². The predicted molar refractivity (Wildman–Crippen MR) is 160 cm³/mol. The van der Waals surface area contributed by atoms with Crippen LogP contribution < -0.4 is 29.6 Å². The second-order valence-corrected chi connectivity index (χ2v) is 11.2. The molecule has 9 nitrogen and oxygen atoms in total. The van der Waals surface area contributed by atoms with Crippen molar-refractivity contribution in [3.63, 3.8) is 0 Å². The number of hydrogen-bond donors (Lipinski definition) is 2. The van der Waals surface area contributed by atoms with Crippen LogP contribution in [0, 0.1) is 0 Å². The van der Waals surface area contributed by atoms with Crippen LogP contribution in [0.4, 0.5) is 5.00 Å². The number of nitrogens with one attached hydrogen (secondary N) is 2. The first-order valence-corrected chi connectivity index (χ1v) is 14.4. The van der Waals surface area contributed by atoms with Gasteiger partial charge in [-0.2, -0.15) is 0 Å². The normalized spacial score (nSPS) is 16.0. The fraction of sp³-hybridized carbons (Fsp3) is 0.250. The van der Waals surface area contributed by atoms with Crippen LogP contribution in [0.25, 0.3) is 0 Å². The van der Waals surface area contributed by atoms with Gasteiger partial charge in [0.2, 0.25) is 5.75 Å². The third-order valence-corrected chi connectivity index (χ3v) is 8.61. The average Bonchev–Trinajstić information content (AvgIpc) is 3.39. The number of carbonyl (C=O) groups is 2. The van der Waals surface area contributed by atoms with Crippen molar-refractivity contribution in [1.29, 1.82) is 0 Å². The average molecular weight is 586 g/mol. The number of nitrogens with zero attached hydrogens (tertiary/aromatic N) is 1. The molecule has 0 bridgehead atoms. The van der Waals surface area contributed by atoms with Crippen LogP contribution >= 0.6 is 11.3 Å². The SMILES string of the molecule is COc1cc(C(=O)Oc2cccc([C@H]3NC(=O)c4c(sc5c4CCN(Cc4ccccc4)C5)N3)c2)cc(OC)c1OC. The van der Waals surface area contributed by atoms with E-state index in [0.717, 1.165) is 47.7 Å². The molecule has 0 saturated heterocycles. The monoisotopic (exact) mass is 585 g/mol. The van der Waals surface area contributed by atoms with Crippen molar-refractivity contribution < 1.29 is 28.5 Å². The number of carbonyl (C=O) groups excluding carboxylic acids is 2. The summed E-state index contributed by atoms with van der Waals surface area (Å²) in [6.45, 7) is 2.60. The fourth-order valence-corrected chi connectivity index (χ4v) is 6.75. The zero-order chi connectivity index (χ0) is 29.2. The number of rotatable bonds is 8. The summed E-state index contributed by atoms with van der Waals surface area (Å²) >= 11 is 1.64. The molecule has 2 aliphatic heterocycles. The molecule has 216 valence electrons. The number of methoxy groups -OCH3 is 3. The molecule has 1 aromatic heterocycles. The molecule has 2 aliphatic rings. The molecule has 10 heteroatoms. The molecule has 0 spiro atoms. The van der Waals surface area contributed by atoms with E-state index in [-0.39, 0.29) is 11.5 Å². The standard InChI is InChI=1S/C32H31N3O6S/c1-38-24-15-21(16-25(39-2)28(24)40-3)32(37)41-22-11-7-10-20(14-22)29-33-30(36)27-23-12-13-35(17-19-8-5-4-6-9-19)18-26(23)42-31(27)34-29/h4-11,14-16,29,34H,12-13,17-18H2,1-3H3,(H,33,36)/t29-/m0/s1. The quantitative estimate of drug-likeness (QED) is 0.209. The van der Waals surface area contributed by atoms with E-state index in [9.17, 15) is 9.59 Å². The number of esters is 1. The Balaban J connectivity index is 1.18. The van der Waals surface area contributed by atoms with Gasteiger partial charge in [-0.1, -0.05) is 42.5 Å². The van der Waals surface area contributed by atoms with Crippen molar-refractivity contribution >= 4 is 28.2 Å². The number of benzene rings is 3. The summed E-state index contributed by atoms with van der Waals surface area (Å²) in [6.07, 6.45) is 0.366. The Labute approximate surface area is 248 Å². The molecule has 0 unspecified atom stereocenters. The number of fused-ring (bicyclic) bond motifs is 3. The lowest BCUT2D eigenvalue weighted by atomic mass is 10.00. The Hall–Kier alpha value is -4.54. The summed E-state index contributed by atoms with van der Waals surface area (Å²) in [4.78, 5) is 30.0. The topological polar surface area (TPSA) is 98.4 Å². The van der Waals surface area contributed by atoms with Crippen LogP contribution in [-0.2, 0) is 19.5 Å². The molecule has 0 radical (unpaired) electrons. The molecule has 1 atom stereocenters. The Kier molecular flexibility index (Phi) is 7.73. The summed E-state index contributed by atoms with van der Waals surface area (Å²) in [6, 6.07) is 20.6. The highest BCUT2D eigenvalue weighted by molar-refractivity contribution is 7.16. The Morgan fingerprint density at radius 2 is 1.71 bits per heavy atom. The van der Waals surface area contributed by atoms with E-state index in [4.69, 9.17) is 18.9 Å². The highest BCUT2D eigenvalue weighted by atomic mass is 32.1. The van der Waals surface area contributed by atoms with Crippen LogP contribution in [0.1, 0.15) is 48.4 Å². The predicted octanol–water partition coefficient (Wildman–Crippen LogP) is 5.41. The highest BCUT2D eigenvalue weighted by Crippen LogP contribution is 2.42. The first kappa shape index (κ1) is 27.6. The number of amides is 1. The molecular weight excluding hydrogens is 554 g/mol. The third-order valence-electron chi connectivity index (χ3n) is 7.47. The first-order chi connectivity index (χ1) is 20.5. The van der Waals surface area contributed by atoms with Gasteiger partial charge in [-0.15, -0.1) is 11.3 Å². The number of thiophene rings is 1. The summed E-state index contributed by atoms with van der Waals surface area (Å²) in [5.74, 6) is 0.753. The van der Waals surface area contributed by atoms with Crippen molar-refractivity contribution in [3.05, 3.63) is 99.4 Å². The summed E-state index contributed by atoms with van der Waals surface area (Å²) in [7, 11) is 4.46. The van der Waals surface area contributed by atoms with Gasteiger partial charge in [0.05, 0.1) is 32.5 Å². The second kappa shape index (κ2) is 11.8. The molecule has 3 heterocycles. The smallest absolute Gasteiger partial charge is 0.343 e. The van der Waals surface area contributed by atoms with Crippen molar-refractivity contribution in [1.82, 2.24) is 10.2 Å². The minimum Gasteiger partial charge on any atom is -0.493 e. The van der Waals surface area contributed by atoms with Crippen LogP contribution in [0.5, 0.6) is 23.0 Å². The van der Waals surface area contributed by atoms with Crippen molar-refractivity contribution in [2.75, 3.05) is 33.2 Å². The van der Waals surface area contributed by atoms with Gasteiger partial charge in [0.15, 0.2) is 11.5 Å². The van der Waals surface area contributed by atoms with Gasteiger partial charge in [0.25, 0.3) is 5.91 Å². The zero-order valence-corrected chi connectivity index (χ0v) is 24.4. The molecule has 1 amide bonds. The zero-order valence-electron chi connectivity index (χ0n) is 23.6. The lowest BCUT2D eigenvalue weighted by Crippen LogP contribution is -2.38. The van der Waals surface area contributed by atoms with Crippen LogP contribution in [0.2, 0.25) is 0 Å². The van der Waals surface area contributed by atoms with Gasteiger partial charge in [0.1, 0.15) is 16.9 Å². The van der Waals surface area contributed by atoms with E-state index in [1.54, 1.807) is 29.5 Å². The minimum absolute atomic E-state index is 0.0948. The molecule has 6 rings (SSSR count). The maximum Gasteiger partial charge on any atom is 0.343 e. The largest absolute Gasteiger partial charge is 0.493 e. The van der Waals surface area contributed by atoms with Crippen LogP contribution in [-0.4, -0.2) is 44.7 Å². The lowest BCUT2D eigenvalue weighted by Gasteiger charge is -2.28. The first-order valence-electron chi connectivity index (χ1n) is 13.6. The molecular formula is C32H31N3O6S. The van der Waals surface area contributed by atoms with E-state index in [2.05, 4.69) is 39.8 Å². The maximum absolute atomic E-state index is 13.3. The van der Waals surface area contributed by atoms with Crippen LogP contribution in [0.15, 0.2) is 66.7 Å². The summed E-state index contributed by atoms with van der Waals surface area (Å²) in [5, 5.41) is 7.46. The Morgan fingerprint density at radius 3 is 2.43 bits per heavy atom. The Bertz CT molecular complexity index is 1610. The number of ether oxygens (including phenoxy) is 4. The van der Waals surface area contributed by atoms with E-state index >= 15 is 0 Å². The molecule has 2 N–H and O–H groups in total. The van der Waals surface area contributed by atoms with Crippen molar-refractivity contribution in [2.45, 2.75) is 25.7 Å². The molecule has 42 heavy (non-hydrogen) atoms. The lowest BCUT2D eigenvalue weighted by molar-refractivity contribution is 0.0733. The molecule has 0 aliphatic carbocycles. The highest BCUT2D eigenvalue weighted by Gasteiger charge is 2.33.